The highest BCUT2D eigenvalue weighted by atomic mass is 35.5. The number of benzene rings is 1. The molecule has 1 aromatic heterocycles. The minimum atomic E-state index is 0.798. The SMILES string of the molecule is CN(CCc1ccc(Cl)s1)c1ccc(N)cc1. The van der Waals surface area contributed by atoms with Crippen molar-refractivity contribution in [1.29, 1.82) is 0 Å². The Labute approximate surface area is 111 Å². The largest absolute Gasteiger partial charge is 0.399 e. The molecule has 2 N–H and O–H groups in total. The van der Waals surface area contributed by atoms with Crippen molar-refractivity contribution in [3.05, 3.63) is 45.6 Å². The quantitative estimate of drug-likeness (QED) is 0.856. The van der Waals surface area contributed by atoms with Crippen molar-refractivity contribution in [3.63, 3.8) is 0 Å². The van der Waals surface area contributed by atoms with Crippen molar-refractivity contribution in [2.24, 2.45) is 0 Å². The zero-order valence-corrected chi connectivity index (χ0v) is 11.3. The lowest BCUT2D eigenvalue weighted by Crippen LogP contribution is -2.19. The zero-order valence-electron chi connectivity index (χ0n) is 9.69. The molecule has 0 aliphatic heterocycles. The van der Waals surface area contributed by atoms with E-state index in [0.29, 0.717) is 0 Å². The van der Waals surface area contributed by atoms with Crippen LogP contribution in [0.1, 0.15) is 4.88 Å². The smallest absolute Gasteiger partial charge is 0.0931 e. The van der Waals surface area contributed by atoms with Crippen LogP contribution in [0.4, 0.5) is 11.4 Å². The average molecular weight is 267 g/mol. The van der Waals surface area contributed by atoms with Crippen LogP contribution in [0.25, 0.3) is 0 Å². The lowest BCUT2D eigenvalue weighted by atomic mass is 10.2. The Morgan fingerprint density at radius 1 is 1.18 bits per heavy atom. The number of nitrogens with zero attached hydrogens (tertiary/aromatic N) is 1. The minimum Gasteiger partial charge on any atom is -0.399 e. The Morgan fingerprint density at radius 3 is 2.47 bits per heavy atom. The molecular weight excluding hydrogens is 252 g/mol. The number of nitrogens with two attached hydrogens (primary N) is 1. The Bertz CT molecular complexity index is 478. The van der Waals surface area contributed by atoms with Gasteiger partial charge in [-0.05, 0) is 42.8 Å². The molecule has 0 saturated heterocycles. The summed E-state index contributed by atoms with van der Waals surface area (Å²) in [6, 6.07) is 12.0. The number of hydrogen-bond donors (Lipinski definition) is 1. The van der Waals surface area contributed by atoms with Gasteiger partial charge in [0.15, 0.2) is 0 Å². The second kappa shape index (κ2) is 5.43. The maximum Gasteiger partial charge on any atom is 0.0931 e. The molecule has 0 atom stereocenters. The number of halogens is 1. The molecule has 17 heavy (non-hydrogen) atoms. The molecule has 0 bridgehead atoms. The second-order valence-electron chi connectivity index (χ2n) is 3.97. The minimum absolute atomic E-state index is 0.798. The summed E-state index contributed by atoms with van der Waals surface area (Å²) in [5, 5.41) is 0. The maximum atomic E-state index is 5.90. The number of anilines is 2. The third-order valence-electron chi connectivity index (χ3n) is 2.66. The molecule has 2 nitrogen and oxygen atoms in total. The summed E-state index contributed by atoms with van der Waals surface area (Å²) in [7, 11) is 2.08. The first-order valence-electron chi connectivity index (χ1n) is 5.46. The van der Waals surface area contributed by atoms with E-state index in [4.69, 9.17) is 17.3 Å². The van der Waals surface area contributed by atoms with Crippen LogP contribution in [0.15, 0.2) is 36.4 Å². The van der Waals surface area contributed by atoms with Gasteiger partial charge in [0, 0.05) is 29.8 Å². The summed E-state index contributed by atoms with van der Waals surface area (Å²) < 4.78 is 0.857. The number of likely N-dealkylation sites (N-methyl/N-ethyl adjacent to an activating group) is 1. The summed E-state index contributed by atoms with van der Waals surface area (Å²) >= 11 is 7.55. The van der Waals surface area contributed by atoms with E-state index in [2.05, 4.69) is 18.0 Å². The van der Waals surface area contributed by atoms with Crippen molar-refractivity contribution in [2.45, 2.75) is 6.42 Å². The van der Waals surface area contributed by atoms with Gasteiger partial charge >= 0.3 is 0 Å². The second-order valence-corrected chi connectivity index (χ2v) is 5.77. The molecule has 1 heterocycles. The van der Waals surface area contributed by atoms with Crippen LogP contribution in [0.2, 0.25) is 4.34 Å². The molecule has 1 aromatic carbocycles. The van der Waals surface area contributed by atoms with Crippen molar-refractivity contribution in [2.75, 3.05) is 24.2 Å². The van der Waals surface area contributed by atoms with E-state index in [9.17, 15) is 0 Å². The van der Waals surface area contributed by atoms with Crippen LogP contribution in [0, 0.1) is 0 Å². The molecule has 0 aliphatic rings. The number of nitrogen functional groups attached to an aromatic ring is 1. The highest BCUT2D eigenvalue weighted by Gasteiger charge is 2.03. The molecule has 90 valence electrons. The summed E-state index contributed by atoms with van der Waals surface area (Å²) in [5.41, 5.74) is 7.64. The van der Waals surface area contributed by atoms with Gasteiger partial charge in [0.2, 0.25) is 0 Å². The van der Waals surface area contributed by atoms with Crippen LogP contribution in [0.5, 0.6) is 0 Å². The van der Waals surface area contributed by atoms with E-state index < -0.39 is 0 Å². The van der Waals surface area contributed by atoms with Gasteiger partial charge in [-0.3, -0.25) is 0 Å². The zero-order chi connectivity index (χ0) is 12.3. The van der Waals surface area contributed by atoms with Crippen LogP contribution in [0.3, 0.4) is 0 Å². The van der Waals surface area contributed by atoms with Gasteiger partial charge in [-0.1, -0.05) is 11.6 Å². The van der Waals surface area contributed by atoms with Crippen LogP contribution < -0.4 is 10.6 Å². The molecular formula is C13H15ClN2S. The van der Waals surface area contributed by atoms with Gasteiger partial charge in [0.05, 0.1) is 4.34 Å². The monoisotopic (exact) mass is 266 g/mol. The molecule has 0 aliphatic carbocycles. The fourth-order valence-corrected chi connectivity index (χ4v) is 2.70. The molecule has 2 aromatic rings. The summed E-state index contributed by atoms with van der Waals surface area (Å²) in [6.45, 7) is 0.973. The van der Waals surface area contributed by atoms with Gasteiger partial charge in [0.25, 0.3) is 0 Å². The van der Waals surface area contributed by atoms with Crippen molar-refractivity contribution < 1.29 is 0 Å². The molecule has 2 rings (SSSR count). The predicted octanol–water partition coefficient (Wildman–Crippen LogP) is 3.66. The lowest BCUT2D eigenvalue weighted by Gasteiger charge is -2.18. The molecule has 4 heteroatoms. The first-order chi connectivity index (χ1) is 8.15. The van der Waals surface area contributed by atoms with Crippen molar-refractivity contribution in [1.82, 2.24) is 0 Å². The molecule has 0 fully saturated rings. The molecule has 0 radical (unpaired) electrons. The van der Waals surface area contributed by atoms with E-state index in [-0.39, 0.29) is 0 Å². The Hall–Kier alpha value is -1.19. The molecule has 0 saturated carbocycles. The maximum absolute atomic E-state index is 5.90. The number of hydrogen-bond acceptors (Lipinski definition) is 3. The van der Waals surface area contributed by atoms with E-state index >= 15 is 0 Å². The average Bonchev–Trinajstić information content (AvgIpc) is 2.73. The van der Waals surface area contributed by atoms with Gasteiger partial charge in [-0.25, -0.2) is 0 Å². The standard InChI is InChI=1S/C13H15ClN2S/c1-16(11-4-2-10(15)3-5-11)9-8-12-6-7-13(14)17-12/h2-7H,8-9,15H2,1H3. The third kappa shape index (κ3) is 3.38. The topological polar surface area (TPSA) is 29.3 Å². The Morgan fingerprint density at radius 2 is 1.88 bits per heavy atom. The molecule has 0 unspecified atom stereocenters. The van der Waals surface area contributed by atoms with Gasteiger partial charge in [-0.2, -0.15) is 0 Å². The Kier molecular flexibility index (Phi) is 3.92. The van der Waals surface area contributed by atoms with Crippen LogP contribution >= 0.6 is 22.9 Å². The highest BCUT2D eigenvalue weighted by Crippen LogP contribution is 2.22. The summed E-state index contributed by atoms with van der Waals surface area (Å²) in [6.07, 6.45) is 1.01. The lowest BCUT2D eigenvalue weighted by molar-refractivity contribution is 0.888. The highest BCUT2D eigenvalue weighted by molar-refractivity contribution is 7.16. The van der Waals surface area contributed by atoms with E-state index in [0.717, 1.165) is 23.0 Å². The predicted molar refractivity (Wildman–Crippen MR) is 77.2 cm³/mol. The summed E-state index contributed by atoms with van der Waals surface area (Å²) in [5.74, 6) is 0. The number of rotatable bonds is 4. The first kappa shape index (κ1) is 12.3. The van der Waals surface area contributed by atoms with E-state index in [1.807, 2.05) is 30.3 Å². The third-order valence-corrected chi connectivity index (χ3v) is 3.95. The fourth-order valence-electron chi connectivity index (χ4n) is 1.62. The van der Waals surface area contributed by atoms with Gasteiger partial charge < -0.3 is 10.6 Å². The van der Waals surface area contributed by atoms with Crippen LogP contribution in [-0.2, 0) is 6.42 Å². The normalized spacial score (nSPS) is 10.5. The van der Waals surface area contributed by atoms with Gasteiger partial charge in [-0.15, -0.1) is 11.3 Å². The van der Waals surface area contributed by atoms with Gasteiger partial charge in [0.1, 0.15) is 0 Å². The summed E-state index contributed by atoms with van der Waals surface area (Å²) in [4.78, 5) is 3.53. The molecule has 0 amide bonds. The fraction of sp³-hybridized carbons (Fsp3) is 0.231. The van der Waals surface area contributed by atoms with Crippen LogP contribution in [-0.4, -0.2) is 13.6 Å². The van der Waals surface area contributed by atoms with E-state index in [1.54, 1.807) is 11.3 Å². The van der Waals surface area contributed by atoms with E-state index in [1.165, 1.54) is 10.6 Å². The van der Waals surface area contributed by atoms with Crippen molar-refractivity contribution >= 4 is 34.3 Å². The van der Waals surface area contributed by atoms with Crippen molar-refractivity contribution in [3.8, 4) is 0 Å². The first-order valence-corrected chi connectivity index (χ1v) is 6.65. The Balaban J connectivity index is 1.93. The molecule has 0 spiro atoms. The number of thiophene rings is 1.